The molecule has 170 valence electrons. The molecule has 3 N–H and O–H groups in total. The molecule has 0 fully saturated rings. The molecule has 0 bridgehead atoms. The number of halogens is 5. The van der Waals surface area contributed by atoms with Crippen molar-refractivity contribution < 1.29 is 36.3 Å². The van der Waals surface area contributed by atoms with Crippen molar-refractivity contribution in [2.24, 2.45) is 0 Å². The standard InChI is InChI=1S/C21H12F5N3O4/c1-8-13(29-15(30)7-10-16(18(29)27)20(32)28-19(10)31)3-2-4-14(8)33-17-11(22)5-9(6-12(17)23)21(24,25)26/h2-7H,27H2,1H3,(H,28,31,32). The lowest BCUT2D eigenvalue weighted by atomic mass is 10.1. The number of alkyl halides is 3. The predicted octanol–water partition coefficient (Wildman–Crippen LogP) is 3.70. The van der Waals surface area contributed by atoms with Crippen LogP contribution in [0.3, 0.4) is 0 Å². The van der Waals surface area contributed by atoms with E-state index in [2.05, 4.69) is 0 Å². The van der Waals surface area contributed by atoms with E-state index in [-0.39, 0.29) is 46.1 Å². The second-order valence-electron chi connectivity index (χ2n) is 7.04. The third-order valence-corrected chi connectivity index (χ3v) is 4.99. The summed E-state index contributed by atoms with van der Waals surface area (Å²) in [6.45, 7) is 1.40. The van der Waals surface area contributed by atoms with E-state index >= 15 is 0 Å². The first-order valence-corrected chi connectivity index (χ1v) is 9.15. The topological polar surface area (TPSA) is 103 Å². The van der Waals surface area contributed by atoms with Crippen LogP contribution >= 0.6 is 0 Å². The van der Waals surface area contributed by atoms with Gasteiger partial charge >= 0.3 is 6.18 Å². The van der Waals surface area contributed by atoms with E-state index in [4.69, 9.17) is 10.5 Å². The molecule has 2 aromatic carbocycles. The molecule has 1 aliphatic heterocycles. The molecule has 0 saturated heterocycles. The van der Waals surface area contributed by atoms with Crippen LogP contribution in [-0.2, 0) is 6.18 Å². The minimum absolute atomic E-state index is 0.0534. The zero-order valence-corrected chi connectivity index (χ0v) is 16.5. The molecule has 1 aliphatic rings. The molecule has 2 amide bonds. The number of hydrogen-bond acceptors (Lipinski definition) is 5. The van der Waals surface area contributed by atoms with Crippen molar-refractivity contribution in [2.45, 2.75) is 13.1 Å². The first-order valence-electron chi connectivity index (χ1n) is 9.15. The number of nitrogens with two attached hydrogens (primary N) is 1. The quantitative estimate of drug-likeness (QED) is 0.454. The van der Waals surface area contributed by atoms with Gasteiger partial charge in [-0.3, -0.25) is 24.3 Å². The summed E-state index contributed by atoms with van der Waals surface area (Å²) in [4.78, 5) is 36.5. The molecule has 7 nitrogen and oxygen atoms in total. The summed E-state index contributed by atoms with van der Waals surface area (Å²) in [5, 5.41) is 2.02. The van der Waals surface area contributed by atoms with Gasteiger partial charge in [0.1, 0.15) is 11.6 Å². The Balaban J connectivity index is 1.82. The van der Waals surface area contributed by atoms with Crippen LogP contribution in [0.25, 0.3) is 5.69 Å². The molecule has 33 heavy (non-hydrogen) atoms. The molecular formula is C21H12F5N3O4. The number of aromatic nitrogens is 1. The van der Waals surface area contributed by atoms with E-state index in [1.165, 1.54) is 25.1 Å². The largest absolute Gasteiger partial charge is 0.451 e. The van der Waals surface area contributed by atoms with Gasteiger partial charge in [0.25, 0.3) is 17.4 Å². The molecule has 0 radical (unpaired) electrons. The van der Waals surface area contributed by atoms with E-state index in [9.17, 15) is 36.3 Å². The average molecular weight is 465 g/mol. The minimum Gasteiger partial charge on any atom is -0.451 e. The molecule has 0 atom stereocenters. The van der Waals surface area contributed by atoms with Crippen molar-refractivity contribution in [2.75, 3.05) is 5.73 Å². The van der Waals surface area contributed by atoms with Crippen molar-refractivity contribution >= 4 is 17.6 Å². The summed E-state index contributed by atoms with van der Waals surface area (Å²) in [5.41, 5.74) is 3.44. The second-order valence-corrected chi connectivity index (χ2v) is 7.04. The van der Waals surface area contributed by atoms with Gasteiger partial charge in [-0.05, 0) is 31.2 Å². The fourth-order valence-corrected chi connectivity index (χ4v) is 3.41. The number of nitrogens with one attached hydrogen (secondary N) is 1. The van der Waals surface area contributed by atoms with Gasteiger partial charge < -0.3 is 10.5 Å². The SMILES string of the molecule is Cc1c(Oc2c(F)cc(C(F)(F)F)cc2F)cccc1-n1c(N)c2c(cc1=O)C(=O)NC2=O. The van der Waals surface area contributed by atoms with Crippen LogP contribution in [0.4, 0.5) is 27.8 Å². The summed E-state index contributed by atoms with van der Waals surface area (Å²) < 4.78 is 72.8. The predicted molar refractivity (Wildman–Crippen MR) is 104 cm³/mol. The van der Waals surface area contributed by atoms with Gasteiger partial charge in [0, 0.05) is 11.6 Å². The number of anilines is 1. The first-order chi connectivity index (χ1) is 15.4. The molecule has 4 rings (SSSR count). The molecular weight excluding hydrogens is 453 g/mol. The monoisotopic (exact) mass is 465 g/mol. The fraction of sp³-hybridized carbons (Fsp3) is 0.0952. The molecule has 3 aromatic rings. The number of benzene rings is 2. The van der Waals surface area contributed by atoms with Crippen molar-refractivity contribution in [1.29, 1.82) is 0 Å². The highest BCUT2D eigenvalue weighted by Gasteiger charge is 2.34. The zero-order chi connectivity index (χ0) is 24.2. The minimum atomic E-state index is -4.96. The van der Waals surface area contributed by atoms with Gasteiger partial charge in [-0.2, -0.15) is 13.2 Å². The van der Waals surface area contributed by atoms with Crippen molar-refractivity contribution in [1.82, 2.24) is 9.88 Å². The molecule has 0 aliphatic carbocycles. The van der Waals surface area contributed by atoms with Gasteiger partial charge in [-0.1, -0.05) is 6.07 Å². The summed E-state index contributed by atoms with van der Waals surface area (Å²) in [7, 11) is 0. The highest BCUT2D eigenvalue weighted by molar-refractivity contribution is 6.23. The third-order valence-electron chi connectivity index (χ3n) is 4.99. The summed E-state index contributed by atoms with van der Waals surface area (Å²) in [6, 6.07) is 5.09. The van der Waals surface area contributed by atoms with Crippen molar-refractivity contribution in [3.63, 3.8) is 0 Å². The lowest BCUT2D eigenvalue weighted by Crippen LogP contribution is -2.24. The molecule has 0 unspecified atom stereocenters. The van der Waals surface area contributed by atoms with Gasteiger partial charge in [-0.15, -0.1) is 0 Å². The molecule has 0 saturated carbocycles. The Bertz CT molecular complexity index is 1390. The molecule has 2 heterocycles. The number of imide groups is 1. The lowest BCUT2D eigenvalue weighted by molar-refractivity contribution is -0.138. The van der Waals surface area contributed by atoms with Gasteiger partial charge in [0.05, 0.1) is 22.4 Å². The molecule has 1 aromatic heterocycles. The van der Waals surface area contributed by atoms with E-state index < -0.39 is 46.5 Å². The smallest absolute Gasteiger partial charge is 0.416 e. The van der Waals surface area contributed by atoms with Gasteiger partial charge in [0.15, 0.2) is 17.4 Å². The maximum absolute atomic E-state index is 14.2. The number of amides is 2. The van der Waals surface area contributed by atoms with Crippen molar-refractivity contribution in [3.8, 4) is 17.2 Å². The Labute approximate surface area is 181 Å². The highest BCUT2D eigenvalue weighted by Crippen LogP contribution is 2.37. The number of nitrogen functional groups attached to an aromatic ring is 1. The summed E-state index contributed by atoms with van der Waals surface area (Å²) in [6.07, 6.45) is -4.96. The van der Waals surface area contributed by atoms with Crippen LogP contribution in [0.5, 0.6) is 11.5 Å². The number of carbonyl (C=O) groups is 2. The number of nitrogens with zero attached hydrogens (tertiary/aromatic N) is 1. The number of ether oxygens (including phenoxy) is 1. The number of fused-ring (bicyclic) bond motifs is 1. The third kappa shape index (κ3) is 3.58. The zero-order valence-electron chi connectivity index (χ0n) is 16.5. The summed E-state index contributed by atoms with van der Waals surface area (Å²) in [5.74, 6) is -6.39. The lowest BCUT2D eigenvalue weighted by Gasteiger charge is -2.17. The molecule has 0 spiro atoms. The average Bonchev–Trinajstić information content (AvgIpc) is 2.99. The Morgan fingerprint density at radius 1 is 1.00 bits per heavy atom. The number of carbonyl (C=O) groups excluding carboxylic acids is 2. The Kier molecular flexibility index (Phi) is 4.95. The Morgan fingerprint density at radius 2 is 1.64 bits per heavy atom. The van der Waals surface area contributed by atoms with Crippen LogP contribution in [-0.4, -0.2) is 16.4 Å². The number of hydrogen-bond donors (Lipinski definition) is 2. The van der Waals surface area contributed by atoms with Crippen LogP contribution in [0.1, 0.15) is 31.8 Å². The van der Waals surface area contributed by atoms with Gasteiger partial charge in [-0.25, -0.2) is 8.78 Å². The first kappa shape index (κ1) is 22.0. The number of pyridine rings is 1. The van der Waals surface area contributed by atoms with E-state index in [0.29, 0.717) is 0 Å². The van der Waals surface area contributed by atoms with E-state index in [0.717, 1.165) is 10.6 Å². The Morgan fingerprint density at radius 3 is 2.24 bits per heavy atom. The van der Waals surface area contributed by atoms with Crippen LogP contribution in [0, 0.1) is 18.6 Å². The van der Waals surface area contributed by atoms with E-state index in [1.54, 1.807) is 0 Å². The van der Waals surface area contributed by atoms with Crippen LogP contribution < -0.4 is 21.3 Å². The second kappa shape index (κ2) is 7.43. The van der Waals surface area contributed by atoms with Crippen molar-refractivity contribution in [3.05, 3.63) is 80.6 Å². The maximum Gasteiger partial charge on any atom is 0.416 e. The molecule has 12 heteroatoms. The summed E-state index contributed by atoms with van der Waals surface area (Å²) >= 11 is 0. The highest BCUT2D eigenvalue weighted by atomic mass is 19.4. The van der Waals surface area contributed by atoms with Crippen LogP contribution in [0.15, 0.2) is 41.2 Å². The maximum atomic E-state index is 14.2. The van der Waals surface area contributed by atoms with Crippen LogP contribution in [0.2, 0.25) is 0 Å². The fourth-order valence-electron chi connectivity index (χ4n) is 3.41. The number of rotatable bonds is 3. The van der Waals surface area contributed by atoms with Gasteiger partial charge in [0.2, 0.25) is 0 Å². The van der Waals surface area contributed by atoms with E-state index in [1.807, 2.05) is 5.32 Å². The normalized spacial score (nSPS) is 13.2. The Hall–Kier alpha value is -4.22.